The number of hydrogen-bond donors (Lipinski definition) is 1. The molecule has 130 valence electrons. The van der Waals surface area contributed by atoms with Crippen LogP contribution < -0.4 is 4.90 Å². The van der Waals surface area contributed by atoms with Crippen molar-refractivity contribution >= 4 is 23.3 Å². The van der Waals surface area contributed by atoms with Crippen molar-refractivity contribution in [1.29, 1.82) is 0 Å². The van der Waals surface area contributed by atoms with Crippen LogP contribution in [0.1, 0.15) is 47.2 Å². The zero-order chi connectivity index (χ0) is 18.1. The SMILES string of the molecule is CC(=O)c1c[nH]c(C(=O)OC(C)C(=O)N2c3ccccc3CC2C)c1. The monoisotopic (exact) mass is 340 g/mol. The number of Topliss-reactive ketones (excluding diaryl/α,β-unsaturated/α-hetero) is 1. The molecule has 6 heteroatoms. The molecule has 0 bridgehead atoms. The van der Waals surface area contributed by atoms with Gasteiger partial charge in [0.1, 0.15) is 5.69 Å². The summed E-state index contributed by atoms with van der Waals surface area (Å²) in [6, 6.07) is 9.17. The van der Waals surface area contributed by atoms with Gasteiger partial charge >= 0.3 is 5.97 Å². The smallest absolute Gasteiger partial charge is 0.355 e. The first-order valence-electron chi connectivity index (χ1n) is 8.19. The van der Waals surface area contributed by atoms with Gasteiger partial charge in [0.2, 0.25) is 0 Å². The van der Waals surface area contributed by atoms with E-state index in [0.29, 0.717) is 5.56 Å². The first-order chi connectivity index (χ1) is 11.9. The predicted molar refractivity (Wildman–Crippen MR) is 92.8 cm³/mol. The van der Waals surface area contributed by atoms with E-state index >= 15 is 0 Å². The summed E-state index contributed by atoms with van der Waals surface area (Å²) in [5.74, 6) is -1.07. The van der Waals surface area contributed by atoms with Gasteiger partial charge in [-0.05, 0) is 44.9 Å². The van der Waals surface area contributed by atoms with Gasteiger partial charge in [0.25, 0.3) is 5.91 Å². The number of aromatic nitrogens is 1. The maximum absolute atomic E-state index is 12.8. The molecule has 2 atom stereocenters. The summed E-state index contributed by atoms with van der Waals surface area (Å²) in [5.41, 5.74) is 2.52. The van der Waals surface area contributed by atoms with Crippen LogP contribution in [0.4, 0.5) is 5.69 Å². The van der Waals surface area contributed by atoms with E-state index in [0.717, 1.165) is 17.7 Å². The van der Waals surface area contributed by atoms with Crippen molar-refractivity contribution in [1.82, 2.24) is 4.98 Å². The number of nitrogens with one attached hydrogen (secondary N) is 1. The minimum atomic E-state index is -0.926. The summed E-state index contributed by atoms with van der Waals surface area (Å²) in [4.78, 5) is 40.7. The van der Waals surface area contributed by atoms with Crippen molar-refractivity contribution < 1.29 is 19.1 Å². The summed E-state index contributed by atoms with van der Waals surface area (Å²) < 4.78 is 5.29. The highest BCUT2D eigenvalue weighted by Crippen LogP contribution is 2.32. The fourth-order valence-corrected chi connectivity index (χ4v) is 3.09. The molecule has 0 fully saturated rings. The van der Waals surface area contributed by atoms with E-state index in [1.165, 1.54) is 19.2 Å². The number of carbonyl (C=O) groups is 3. The van der Waals surface area contributed by atoms with Crippen molar-refractivity contribution in [2.24, 2.45) is 0 Å². The van der Waals surface area contributed by atoms with E-state index < -0.39 is 12.1 Å². The number of para-hydroxylation sites is 1. The Morgan fingerprint density at radius 2 is 2.00 bits per heavy atom. The van der Waals surface area contributed by atoms with Crippen LogP contribution in [0.25, 0.3) is 0 Å². The normalized spacial score (nSPS) is 17.1. The van der Waals surface area contributed by atoms with Gasteiger partial charge in [0.15, 0.2) is 11.9 Å². The maximum atomic E-state index is 12.8. The van der Waals surface area contributed by atoms with E-state index in [4.69, 9.17) is 4.74 Å². The van der Waals surface area contributed by atoms with Gasteiger partial charge in [-0.2, -0.15) is 0 Å². The molecule has 3 rings (SSSR count). The zero-order valence-corrected chi connectivity index (χ0v) is 14.4. The Hall–Kier alpha value is -2.89. The lowest BCUT2D eigenvalue weighted by atomic mass is 10.1. The second-order valence-corrected chi connectivity index (χ2v) is 6.30. The minimum Gasteiger partial charge on any atom is -0.448 e. The number of anilines is 1. The van der Waals surface area contributed by atoms with Gasteiger partial charge in [0, 0.05) is 23.5 Å². The molecule has 1 aliphatic heterocycles. The number of H-pyrrole nitrogens is 1. The summed E-state index contributed by atoms with van der Waals surface area (Å²) in [5, 5.41) is 0. The van der Waals surface area contributed by atoms with Crippen molar-refractivity contribution in [2.45, 2.75) is 39.3 Å². The molecule has 0 radical (unpaired) electrons. The first-order valence-corrected chi connectivity index (χ1v) is 8.19. The molecule has 1 N–H and O–H groups in total. The van der Waals surface area contributed by atoms with Gasteiger partial charge < -0.3 is 14.6 Å². The Morgan fingerprint density at radius 1 is 1.28 bits per heavy atom. The standard InChI is InChI=1S/C19H20N2O4/c1-11-8-14-6-4-5-7-17(14)21(11)18(23)13(3)25-19(24)16-9-15(10-20-16)12(2)22/h4-7,9-11,13,20H,8H2,1-3H3. The molecule has 6 nitrogen and oxygen atoms in total. The Kier molecular flexibility index (Phi) is 4.44. The average molecular weight is 340 g/mol. The average Bonchev–Trinajstić information content (AvgIpc) is 3.18. The number of ketones is 1. The highest BCUT2D eigenvalue weighted by Gasteiger charge is 2.34. The quantitative estimate of drug-likeness (QED) is 0.685. The molecule has 1 aromatic heterocycles. The van der Waals surface area contributed by atoms with Crippen LogP contribution in [-0.2, 0) is 16.0 Å². The lowest BCUT2D eigenvalue weighted by Gasteiger charge is -2.25. The number of ether oxygens (including phenoxy) is 1. The van der Waals surface area contributed by atoms with Crippen LogP contribution in [0.15, 0.2) is 36.5 Å². The van der Waals surface area contributed by atoms with Gasteiger partial charge in [-0.3, -0.25) is 9.59 Å². The lowest BCUT2D eigenvalue weighted by Crippen LogP contribution is -2.43. The molecule has 0 saturated heterocycles. The summed E-state index contributed by atoms with van der Waals surface area (Å²) in [7, 11) is 0. The highest BCUT2D eigenvalue weighted by molar-refractivity contribution is 6.01. The Morgan fingerprint density at radius 3 is 2.68 bits per heavy atom. The number of rotatable bonds is 4. The summed E-state index contributed by atoms with van der Waals surface area (Å²) >= 11 is 0. The Balaban J connectivity index is 1.72. The van der Waals surface area contributed by atoms with Crippen LogP contribution >= 0.6 is 0 Å². The molecule has 1 aromatic carbocycles. The number of carbonyl (C=O) groups excluding carboxylic acids is 3. The van der Waals surface area contributed by atoms with Crippen LogP contribution in [0.5, 0.6) is 0 Å². The fraction of sp³-hybridized carbons (Fsp3) is 0.316. The number of benzene rings is 1. The zero-order valence-electron chi connectivity index (χ0n) is 14.4. The van der Waals surface area contributed by atoms with Gasteiger partial charge in [-0.15, -0.1) is 0 Å². The molecule has 2 heterocycles. The van der Waals surface area contributed by atoms with Crippen molar-refractivity contribution in [3.63, 3.8) is 0 Å². The Labute approximate surface area is 145 Å². The number of nitrogens with zero attached hydrogens (tertiary/aromatic N) is 1. The van der Waals surface area contributed by atoms with E-state index in [-0.39, 0.29) is 23.4 Å². The second kappa shape index (κ2) is 6.55. The number of hydrogen-bond acceptors (Lipinski definition) is 4. The number of esters is 1. The topological polar surface area (TPSA) is 79.5 Å². The van der Waals surface area contributed by atoms with Crippen LogP contribution in [0, 0.1) is 0 Å². The van der Waals surface area contributed by atoms with Gasteiger partial charge in [0.05, 0.1) is 0 Å². The molecule has 2 unspecified atom stereocenters. The Bertz CT molecular complexity index is 839. The first kappa shape index (κ1) is 17.0. The number of aromatic amines is 1. The molecule has 0 spiro atoms. The molecule has 0 aliphatic carbocycles. The summed E-state index contributed by atoms with van der Waals surface area (Å²) in [6.07, 6.45) is 1.30. The summed E-state index contributed by atoms with van der Waals surface area (Å²) in [6.45, 7) is 4.94. The predicted octanol–water partition coefficient (Wildman–Crippen LogP) is 2.74. The molecular weight excluding hydrogens is 320 g/mol. The van der Waals surface area contributed by atoms with Crippen LogP contribution in [-0.4, -0.2) is 34.8 Å². The van der Waals surface area contributed by atoms with Crippen molar-refractivity contribution in [3.8, 4) is 0 Å². The fourth-order valence-electron chi connectivity index (χ4n) is 3.09. The molecular formula is C19H20N2O4. The molecule has 0 saturated carbocycles. The van der Waals surface area contributed by atoms with Gasteiger partial charge in [-0.25, -0.2) is 4.79 Å². The van der Waals surface area contributed by atoms with E-state index in [9.17, 15) is 14.4 Å². The maximum Gasteiger partial charge on any atom is 0.355 e. The highest BCUT2D eigenvalue weighted by atomic mass is 16.5. The van der Waals surface area contributed by atoms with E-state index in [1.807, 2.05) is 31.2 Å². The number of fused-ring (bicyclic) bond motifs is 1. The minimum absolute atomic E-state index is 0.0147. The van der Waals surface area contributed by atoms with Crippen LogP contribution in [0.3, 0.4) is 0 Å². The molecule has 25 heavy (non-hydrogen) atoms. The second-order valence-electron chi connectivity index (χ2n) is 6.30. The third-order valence-electron chi connectivity index (χ3n) is 4.39. The van der Waals surface area contributed by atoms with Crippen molar-refractivity contribution in [3.05, 3.63) is 53.3 Å². The van der Waals surface area contributed by atoms with Crippen molar-refractivity contribution in [2.75, 3.05) is 4.90 Å². The molecule has 1 amide bonds. The molecule has 2 aromatic rings. The largest absolute Gasteiger partial charge is 0.448 e. The van der Waals surface area contributed by atoms with Crippen LogP contribution in [0.2, 0.25) is 0 Å². The van der Waals surface area contributed by atoms with E-state index in [2.05, 4.69) is 4.98 Å². The number of amides is 1. The van der Waals surface area contributed by atoms with E-state index in [1.54, 1.807) is 11.8 Å². The third kappa shape index (κ3) is 3.20. The molecule has 1 aliphatic rings. The lowest BCUT2D eigenvalue weighted by molar-refractivity contribution is -0.126. The third-order valence-corrected chi connectivity index (χ3v) is 4.39. The van der Waals surface area contributed by atoms with Gasteiger partial charge in [-0.1, -0.05) is 18.2 Å².